The molecule has 106 valence electrons. The zero-order valence-electron chi connectivity index (χ0n) is 11.0. The molecule has 0 saturated heterocycles. The van der Waals surface area contributed by atoms with Crippen LogP contribution >= 0.6 is 0 Å². The number of aryl methyl sites for hydroxylation is 1. The van der Waals surface area contributed by atoms with Crippen LogP contribution in [0.15, 0.2) is 42.7 Å². The molecular weight excluding hydrogens is 279 g/mol. The molecule has 3 aromatic rings. The molecule has 2 heterocycles. The van der Waals surface area contributed by atoms with Crippen LogP contribution in [0, 0.1) is 24.4 Å². The average Bonchev–Trinajstić information content (AvgIpc) is 2.80. The summed E-state index contributed by atoms with van der Waals surface area (Å²) in [4.78, 5) is 8.22. The van der Waals surface area contributed by atoms with Gasteiger partial charge in [-0.1, -0.05) is 6.07 Å². The van der Waals surface area contributed by atoms with Crippen LogP contribution in [-0.4, -0.2) is 14.5 Å². The maximum atomic E-state index is 14.0. The molecule has 0 spiro atoms. The molecule has 0 unspecified atom stereocenters. The van der Waals surface area contributed by atoms with Gasteiger partial charge in [0.15, 0.2) is 0 Å². The van der Waals surface area contributed by atoms with E-state index in [9.17, 15) is 13.2 Å². The third-order valence-corrected chi connectivity index (χ3v) is 3.08. The van der Waals surface area contributed by atoms with Crippen molar-refractivity contribution in [3.8, 4) is 17.1 Å². The van der Waals surface area contributed by atoms with Gasteiger partial charge in [-0.25, -0.2) is 23.1 Å². The van der Waals surface area contributed by atoms with Gasteiger partial charge >= 0.3 is 0 Å². The fourth-order valence-corrected chi connectivity index (χ4v) is 2.18. The highest BCUT2D eigenvalue weighted by molar-refractivity contribution is 5.63. The smallest absolute Gasteiger partial charge is 0.138 e. The minimum absolute atomic E-state index is 0.182. The van der Waals surface area contributed by atoms with Gasteiger partial charge < -0.3 is 0 Å². The minimum atomic E-state index is -0.982. The summed E-state index contributed by atoms with van der Waals surface area (Å²) in [6.07, 6.45) is 2.90. The third-order valence-electron chi connectivity index (χ3n) is 3.08. The third kappa shape index (κ3) is 2.29. The lowest BCUT2D eigenvalue weighted by Crippen LogP contribution is -2.04. The maximum Gasteiger partial charge on any atom is 0.138 e. The van der Waals surface area contributed by atoms with E-state index in [4.69, 9.17) is 0 Å². The van der Waals surface area contributed by atoms with E-state index < -0.39 is 17.5 Å². The summed E-state index contributed by atoms with van der Waals surface area (Å²) < 4.78 is 42.5. The van der Waals surface area contributed by atoms with Crippen LogP contribution in [0.4, 0.5) is 13.2 Å². The molecule has 0 N–H and O–H groups in total. The van der Waals surface area contributed by atoms with Gasteiger partial charge in [0.05, 0.1) is 17.5 Å². The van der Waals surface area contributed by atoms with E-state index in [-0.39, 0.29) is 11.3 Å². The molecule has 0 aliphatic carbocycles. The highest BCUT2D eigenvalue weighted by Gasteiger charge is 2.19. The first-order valence-electron chi connectivity index (χ1n) is 6.18. The Morgan fingerprint density at radius 1 is 1.00 bits per heavy atom. The van der Waals surface area contributed by atoms with Crippen LogP contribution in [0.5, 0.6) is 0 Å². The highest BCUT2D eigenvalue weighted by atomic mass is 19.1. The summed E-state index contributed by atoms with van der Waals surface area (Å²) in [5.41, 5.74) is -0.149. The van der Waals surface area contributed by atoms with Gasteiger partial charge in [-0.2, -0.15) is 0 Å². The molecule has 0 aliphatic rings. The summed E-state index contributed by atoms with van der Waals surface area (Å²) >= 11 is 0. The van der Waals surface area contributed by atoms with E-state index >= 15 is 0 Å². The second-order valence-corrected chi connectivity index (χ2v) is 4.46. The van der Waals surface area contributed by atoms with Gasteiger partial charge in [-0.05, 0) is 19.1 Å². The van der Waals surface area contributed by atoms with Crippen molar-refractivity contribution < 1.29 is 13.2 Å². The van der Waals surface area contributed by atoms with Gasteiger partial charge in [-0.3, -0.25) is 4.57 Å². The topological polar surface area (TPSA) is 30.7 Å². The minimum Gasteiger partial charge on any atom is -0.280 e. The average molecular weight is 289 g/mol. The molecule has 0 fully saturated rings. The molecule has 3 nitrogen and oxygen atoms in total. The van der Waals surface area contributed by atoms with Gasteiger partial charge in [0.25, 0.3) is 0 Å². The van der Waals surface area contributed by atoms with E-state index in [1.165, 1.54) is 10.8 Å². The largest absolute Gasteiger partial charge is 0.280 e. The summed E-state index contributed by atoms with van der Waals surface area (Å²) in [5, 5.41) is 0. The lowest BCUT2D eigenvalue weighted by Gasteiger charge is -2.11. The van der Waals surface area contributed by atoms with Crippen LogP contribution < -0.4 is 0 Å². The number of halogens is 3. The molecule has 21 heavy (non-hydrogen) atoms. The number of imidazole rings is 1. The first kappa shape index (κ1) is 13.4. The number of benzene rings is 1. The molecule has 0 aliphatic heterocycles. The highest BCUT2D eigenvalue weighted by Crippen LogP contribution is 2.29. The Hall–Kier alpha value is -2.63. The second kappa shape index (κ2) is 5.05. The standard InChI is InChI=1S/C15H10F3N3/c1-9-20-8-13(21(9)14-4-2-3-5-19-14)15-11(17)6-10(16)7-12(15)18/h2-8H,1H3. The molecule has 6 heteroatoms. The predicted octanol–water partition coefficient (Wildman–Crippen LogP) is 3.66. The molecule has 0 atom stereocenters. The second-order valence-electron chi connectivity index (χ2n) is 4.46. The van der Waals surface area contributed by atoms with Crippen LogP contribution in [0.25, 0.3) is 17.1 Å². The first-order chi connectivity index (χ1) is 10.1. The predicted molar refractivity (Wildman–Crippen MR) is 71.4 cm³/mol. The lowest BCUT2D eigenvalue weighted by molar-refractivity contribution is 0.547. The summed E-state index contributed by atoms with van der Waals surface area (Å²) in [6, 6.07) is 6.46. The van der Waals surface area contributed by atoms with E-state index in [0.717, 1.165) is 0 Å². The maximum absolute atomic E-state index is 14.0. The zero-order valence-corrected chi connectivity index (χ0v) is 11.0. The summed E-state index contributed by atoms with van der Waals surface area (Å²) in [5.74, 6) is -1.93. The number of aromatic nitrogens is 3. The Kier molecular flexibility index (Phi) is 3.21. The van der Waals surface area contributed by atoms with Crippen molar-refractivity contribution in [1.82, 2.24) is 14.5 Å². The summed E-state index contributed by atoms with van der Waals surface area (Å²) in [7, 11) is 0. The number of rotatable bonds is 2. The van der Waals surface area contributed by atoms with Crippen molar-refractivity contribution >= 4 is 0 Å². The molecule has 3 rings (SSSR count). The SMILES string of the molecule is Cc1ncc(-c2c(F)cc(F)cc2F)n1-c1ccccn1. The normalized spacial score (nSPS) is 10.9. The fourth-order valence-electron chi connectivity index (χ4n) is 2.18. The van der Waals surface area contributed by atoms with Crippen LogP contribution in [0.3, 0.4) is 0 Å². The van der Waals surface area contributed by atoms with E-state index in [0.29, 0.717) is 23.8 Å². The molecular formula is C15H10F3N3. The molecule has 0 bridgehead atoms. The number of pyridine rings is 1. The Bertz CT molecular complexity index is 774. The number of nitrogens with zero attached hydrogens (tertiary/aromatic N) is 3. The van der Waals surface area contributed by atoms with Crippen molar-refractivity contribution in [1.29, 1.82) is 0 Å². The van der Waals surface area contributed by atoms with Crippen molar-refractivity contribution in [3.05, 3.63) is 66.0 Å². The van der Waals surface area contributed by atoms with E-state index in [1.54, 1.807) is 31.3 Å². The zero-order chi connectivity index (χ0) is 15.0. The lowest BCUT2D eigenvalue weighted by atomic mass is 10.1. The molecule has 2 aromatic heterocycles. The Morgan fingerprint density at radius 2 is 1.71 bits per heavy atom. The van der Waals surface area contributed by atoms with Gasteiger partial charge in [0, 0.05) is 18.3 Å². The van der Waals surface area contributed by atoms with Crippen LogP contribution in [0.1, 0.15) is 5.82 Å². The fraction of sp³-hybridized carbons (Fsp3) is 0.0667. The van der Waals surface area contributed by atoms with Crippen molar-refractivity contribution in [3.63, 3.8) is 0 Å². The van der Waals surface area contributed by atoms with Crippen LogP contribution in [-0.2, 0) is 0 Å². The Balaban J connectivity index is 2.27. The molecule has 0 amide bonds. The molecule has 0 radical (unpaired) electrons. The molecule has 1 aromatic carbocycles. The molecule has 0 saturated carbocycles. The summed E-state index contributed by atoms with van der Waals surface area (Å²) in [6.45, 7) is 1.69. The van der Waals surface area contributed by atoms with E-state index in [2.05, 4.69) is 9.97 Å². The van der Waals surface area contributed by atoms with Crippen molar-refractivity contribution in [2.45, 2.75) is 6.92 Å². The Labute approximate surface area is 118 Å². The first-order valence-corrected chi connectivity index (χ1v) is 6.18. The van der Waals surface area contributed by atoms with Gasteiger partial charge in [0.2, 0.25) is 0 Å². The number of hydrogen-bond donors (Lipinski definition) is 0. The monoisotopic (exact) mass is 289 g/mol. The van der Waals surface area contributed by atoms with Gasteiger partial charge in [-0.15, -0.1) is 0 Å². The van der Waals surface area contributed by atoms with Crippen LogP contribution in [0.2, 0.25) is 0 Å². The number of hydrogen-bond acceptors (Lipinski definition) is 2. The quantitative estimate of drug-likeness (QED) is 0.721. The van der Waals surface area contributed by atoms with E-state index in [1.807, 2.05) is 0 Å². The van der Waals surface area contributed by atoms with Gasteiger partial charge in [0.1, 0.15) is 29.1 Å². The van der Waals surface area contributed by atoms with Crippen molar-refractivity contribution in [2.24, 2.45) is 0 Å². The Morgan fingerprint density at radius 3 is 2.33 bits per heavy atom. The van der Waals surface area contributed by atoms with Crippen molar-refractivity contribution in [2.75, 3.05) is 0 Å².